The van der Waals surface area contributed by atoms with Gasteiger partial charge < -0.3 is 14.4 Å². The molecule has 0 bridgehead atoms. The molecule has 1 amide bonds. The van der Waals surface area contributed by atoms with Crippen molar-refractivity contribution in [2.45, 2.75) is 65.6 Å². The number of esters is 1. The third kappa shape index (κ3) is 6.58. The largest absolute Gasteiger partial charge is 0.460 e. The number of ether oxygens (including phenoxy) is 2. The Kier molecular flexibility index (Phi) is 6.96. The minimum atomic E-state index is -0.573. The fourth-order valence-electron chi connectivity index (χ4n) is 3.96. The van der Waals surface area contributed by atoms with Crippen molar-refractivity contribution >= 4 is 12.1 Å². The number of nitrogens with one attached hydrogen (secondary N) is 1. The Bertz CT molecular complexity index is 925. The molecule has 1 N–H and O–H groups in total. The summed E-state index contributed by atoms with van der Waals surface area (Å²) in [5.41, 5.74) is 1.87. The van der Waals surface area contributed by atoms with Gasteiger partial charge in [-0.25, -0.2) is 4.79 Å². The van der Waals surface area contributed by atoms with Crippen LogP contribution in [0.1, 0.15) is 53.5 Å². The van der Waals surface area contributed by atoms with E-state index in [0.717, 1.165) is 23.2 Å². The van der Waals surface area contributed by atoms with Gasteiger partial charge in [0.15, 0.2) is 0 Å². The van der Waals surface area contributed by atoms with E-state index in [1.807, 2.05) is 65.8 Å². The molecule has 0 spiro atoms. The average Bonchev–Trinajstić information content (AvgIpc) is 3.35. The molecule has 2 aromatic rings. The van der Waals surface area contributed by atoms with Crippen molar-refractivity contribution in [3.63, 3.8) is 0 Å². The average molecular weight is 442 g/mol. The molecule has 1 aliphatic rings. The molecule has 32 heavy (non-hydrogen) atoms. The van der Waals surface area contributed by atoms with Gasteiger partial charge in [0.1, 0.15) is 11.2 Å². The zero-order valence-electron chi connectivity index (χ0n) is 20.0. The second-order valence-electron chi connectivity index (χ2n) is 10.5. The summed E-state index contributed by atoms with van der Waals surface area (Å²) in [6.45, 7) is 12.3. The number of aromatic amines is 1. The monoisotopic (exact) mass is 441 g/mol. The highest BCUT2D eigenvalue weighted by Crippen LogP contribution is 2.31. The molecular weight excluding hydrogens is 406 g/mol. The smallest absolute Gasteiger partial charge is 0.410 e. The first-order chi connectivity index (χ1) is 14.9. The molecular formula is C25H35N3O4. The lowest BCUT2D eigenvalue weighted by atomic mass is 9.85. The molecule has 0 saturated carbocycles. The highest BCUT2D eigenvalue weighted by atomic mass is 16.6. The number of hydrogen-bond acceptors (Lipinski definition) is 5. The molecule has 1 aromatic heterocycles. The van der Waals surface area contributed by atoms with Crippen LogP contribution in [0.4, 0.5) is 4.79 Å². The molecule has 7 nitrogen and oxygen atoms in total. The lowest BCUT2D eigenvalue weighted by Gasteiger charge is -2.28. The number of H-pyrrole nitrogens is 1. The van der Waals surface area contributed by atoms with Gasteiger partial charge in [-0.1, -0.05) is 18.2 Å². The maximum Gasteiger partial charge on any atom is 0.410 e. The fourth-order valence-corrected chi connectivity index (χ4v) is 3.96. The van der Waals surface area contributed by atoms with Gasteiger partial charge in [-0.15, -0.1) is 0 Å². The van der Waals surface area contributed by atoms with E-state index in [1.54, 1.807) is 11.1 Å². The second-order valence-corrected chi connectivity index (χ2v) is 10.5. The van der Waals surface area contributed by atoms with Crippen LogP contribution in [0, 0.1) is 11.8 Å². The highest BCUT2D eigenvalue weighted by molar-refractivity contribution is 5.74. The van der Waals surface area contributed by atoms with Crippen molar-refractivity contribution in [2.24, 2.45) is 11.8 Å². The van der Waals surface area contributed by atoms with Crippen LogP contribution in [0.3, 0.4) is 0 Å². The van der Waals surface area contributed by atoms with E-state index in [0.29, 0.717) is 19.5 Å². The summed E-state index contributed by atoms with van der Waals surface area (Å²) in [7, 11) is 0. The molecule has 0 unspecified atom stereocenters. The zero-order chi connectivity index (χ0) is 23.5. The second kappa shape index (κ2) is 9.35. The molecule has 1 aromatic carbocycles. The molecule has 174 valence electrons. The maximum absolute atomic E-state index is 13.2. The molecule has 1 saturated heterocycles. The summed E-state index contributed by atoms with van der Waals surface area (Å²) < 4.78 is 11.3. The van der Waals surface area contributed by atoms with E-state index in [1.165, 1.54) is 0 Å². The van der Waals surface area contributed by atoms with Crippen LogP contribution >= 0.6 is 0 Å². The van der Waals surface area contributed by atoms with Crippen LogP contribution in [0.25, 0.3) is 11.3 Å². The first-order valence-corrected chi connectivity index (χ1v) is 11.2. The Labute approximate surface area is 190 Å². The molecule has 0 radical (unpaired) electrons. The zero-order valence-corrected chi connectivity index (χ0v) is 20.0. The molecule has 2 atom stereocenters. The third-order valence-corrected chi connectivity index (χ3v) is 5.35. The van der Waals surface area contributed by atoms with Gasteiger partial charge in [0.25, 0.3) is 0 Å². The van der Waals surface area contributed by atoms with E-state index in [-0.39, 0.29) is 23.9 Å². The molecule has 3 rings (SSSR count). The Morgan fingerprint density at radius 2 is 1.84 bits per heavy atom. The van der Waals surface area contributed by atoms with Crippen LogP contribution in [-0.4, -0.2) is 51.5 Å². The van der Waals surface area contributed by atoms with Gasteiger partial charge in [0.2, 0.25) is 0 Å². The minimum absolute atomic E-state index is 0.00757. The number of carbonyl (C=O) groups is 2. The van der Waals surface area contributed by atoms with Crippen molar-refractivity contribution in [2.75, 3.05) is 13.1 Å². The van der Waals surface area contributed by atoms with Gasteiger partial charge in [0, 0.05) is 19.3 Å². The van der Waals surface area contributed by atoms with Gasteiger partial charge in [0.05, 0.1) is 11.6 Å². The van der Waals surface area contributed by atoms with Crippen molar-refractivity contribution < 1.29 is 19.1 Å². The Morgan fingerprint density at radius 3 is 2.47 bits per heavy atom. The molecule has 0 aliphatic carbocycles. The number of nitrogens with zero attached hydrogens (tertiary/aromatic N) is 2. The molecule has 7 heteroatoms. The predicted molar refractivity (Wildman–Crippen MR) is 123 cm³/mol. The fraction of sp³-hybridized carbons (Fsp3) is 0.560. The Hall–Kier alpha value is -2.83. The first-order valence-electron chi connectivity index (χ1n) is 11.2. The Balaban J connectivity index is 1.78. The summed E-state index contributed by atoms with van der Waals surface area (Å²) >= 11 is 0. The normalized spacial score (nSPS) is 17.8. The van der Waals surface area contributed by atoms with E-state index >= 15 is 0 Å². The lowest BCUT2D eigenvalue weighted by Crippen LogP contribution is -2.38. The molecule has 2 heterocycles. The highest BCUT2D eigenvalue weighted by Gasteiger charge is 2.39. The van der Waals surface area contributed by atoms with E-state index in [4.69, 9.17) is 9.47 Å². The van der Waals surface area contributed by atoms with Crippen molar-refractivity contribution in [3.8, 4) is 11.3 Å². The predicted octanol–water partition coefficient (Wildman–Crippen LogP) is 4.83. The Morgan fingerprint density at radius 1 is 1.12 bits per heavy atom. The number of benzene rings is 1. The van der Waals surface area contributed by atoms with Crippen molar-refractivity contribution in [3.05, 3.63) is 42.1 Å². The number of amides is 1. The first kappa shape index (κ1) is 23.8. The van der Waals surface area contributed by atoms with Crippen LogP contribution in [-0.2, 0) is 20.7 Å². The lowest BCUT2D eigenvalue weighted by molar-refractivity contribution is -0.161. The number of carbonyl (C=O) groups excluding carboxylic acids is 2. The van der Waals surface area contributed by atoms with E-state index < -0.39 is 11.2 Å². The van der Waals surface area contributed by atoms with Gasteiger partial charge >= 0.3 is 12.1 Å². The summed E-state index contributed by atoms with van der Waals surface area (Å²) in [5, 5.41) is 7.00. The van der Waals surface area contributed by atoms with Gasteiger partial charge in [-0.05, 0) is 83.6 Å². The van der Waals surface area contributed by atoms with Crippen LogP contribution in [0.15, 0.2) is 36.5 Å². The topological polar surface area (TPSA) is 84.5 Å². The van der Waals surface area contributed by atoms with Crippen molar-refractivity contribution in [1.29, 1.82) is 0 Å². The minimum Gasteiger partial charge on any atom is -0.460 e. The number of hydrogen-bond donors (Lipinski definition) is 1. The van der Waals surface area contributed by atoms with E-state index in [2.05, 4.69) is 16.3 Å². The number of likely N-dealkylation sites (tertiary alicyclic amines) is 1. The van der Waals surface area contributed by atoms with Gasteiger partial charge in [-0.3, -0.25) is 9.89 Å². The number of aromatic nitrogens is 2. The summed E-state index contributed by atoms with van der Waals surface area (Å²) in [6.07, 6.45) is 2.67. The quantitative estimate of drug-likeness (QED) is 0.672. The summed E-state index contributed by atoms with van der Waals surface area (Å²) in [5.74, 6) is -0.563. The maximum atomic E-state index is 13.2. The van der Waals surface area contributed by atoms with Crippen LogP contribution in [0.2, 0.25) is 0 Å². The summed E-state index contributed by atoms with van der Waals surface area (Å²) in [6, 6.07) is 10.0. The molecule has 1 fully saturated rings. The van der Waals surface area contributed by atoms with Gasteiger partial charge in [-0.2, -0.15) is 5.10 Å². The number of rotatable bonds is 5. The van der Waals surface area contributed by atoms with Crippen molar-refractivity contribution in [1.82, 2.24) is 15.1 Å². The van der Waals surface area contributed by atoms with E-state index in [9.17, 15) is 9.59 Å². The van der Waals surface area contributed by atoms with Crippen LogP contribution in [0.5, 0.6) is 0 Å². The standard InChI is InChI=1S/C25H35N3O4/c1-24(2,3)31-22(29)20(19-11-13-28(16-19)23(30)32-25(4,5)6)15-17-8-7-9-18(14-17)21-10-12-26-27-21/h7-10,12,14,19-20H,11,13,15-16H2,1-6H3,(H,26,27)/t19-,20-/m0/s1. The SMILES string of the molecule is CC(C)(C)OC(=O)[C@@H](Cc1cccc(-c2ccn[nH]2)c1)[C@H]1CCN(C(=O)OC(C)(C)C)C1. The summed E-state index contributed by atoms with van der Waals surface area (Å²) in [4.78, 5) is 27.4. The third-order valence-electron chi connectivity index (χ3n) is 5.35. The van der Waals surface area contributed by atoms with Crippen LogP contribution < -0.4 is 0 Å². The molecule has 1 aliphatic heterocycles.